The van der Waals surface area contributed by atoms with Crippen LogP contribution in [-0.4, -0.2) is 29.1 Å². The number of rotatable bonds is 6. The summed E-state index contributed by atoms with van der Waals surface area (Å²) < 4.78 is 0. The lowest BCUT2D eigenvalue weighted by atomic mass is 10.1. The van der Waals surface area contributed by atoms with Crippen LogP contribution in [0.15, 0.2) is 18.2 Å². The smallest absolute Gasteiger partial charge is 0.326 e. The average Bonchev–Trinajstić information content (AvgIpc) is 2.37. The Balaban J connectivity index is 2.65. The molecule has 1 aromatic carbocycles. The lowest BCUT2D eigenvalue weighted by Gasteiger charge is -2.15. The van der Waals surface area contributed by atoms with Crippen molar-refractivity contribution in [3.63, 3.8) is 0 Å². The van der Waals surface area contributed by atoms with Crippen molar-refractivity contribution < 1.29 is 19.5 Å². The number of hydrogen-bond donors (Lipinski definition) is 4. The van der Waals surface area contributed by atoms with Crippen LogP contribution in [0.25, 0.3) is 0 Å². The molecule has 0 aliphatic carbocycles. The Morgan fingerprint density at radius 2 is 2.05 bits per heavy atom. The SMILES string of the molecule is Cc1ccc(NC(=O)NC(CCC(N)=O)C(=O)O)c(Cl)c1. The van der Waals surface area contributed by atoms with E-state index < -0.39 is 23.9 Å². The van der Waals surface area contributed by atoms with E-state index in [0.717, 1.165) is 5.56 Å². The molecule has 1 unspecified atom stereocenters. The number of aliphatic carboxylic acids is 1. The third kappa shape index (κ3) is 5.70. The molecule has 0 bridgehead atoms. The maximum absolute atomic E-state index is 11.7. The molecule has 1 rings (SSSR count). The minimum atomic E-state index is -1.25. The van der Waals surface area contributed by atoms with Crippen molar-refractivity contribution in [3.05, 3.63) is 28.8 Å². The number of halogens is 1. The zero-order chi connectivity index (χ0) is 16.0. The van der Waals surface area contributed by atoms with E-state index in [1.54, 1.807) is 18.2 Å². The minimum Gasteiger partial charge on any atom is -0.480 e. The summed E-state index contributed by atoms with van der Waals surface area (Å²) in [5, 5.41) is 14.0. The Kier molecular flexibility index (Phi) is 5.98. The van der Waals surface area contributed by atoms with Crippen molar-refractivity contribution >= 4 is 35.2 Å². The van der Waals surface area contributed by atoms with Crippen LogP contribution in [0.2, 0.25) is 5.02 Å². The van der Waals surface area contributed by atoms with E-state index >= 15 is 0 Å². The summed E-state index contributed by atoms with van der Waals surface area (Å²) >= 11 is 5.96. The zero-order valence-electron chi connectivity index (χ0n) is 11.4. The Hall–Kier alpha value is -2.28. The fraction of sp³-hybridized carbons (Fsp3) is 0.308. The molecule has 0 saturated carbocycles. The molecule has 5 N–H and O–H groups in total. The molecule has 3 amide bonds. The first-order valence-electron chi connectivity index (χ1n) is 6.14. The number of benzene rings is 1. The third-order valence-electron chi connectivity index (χ3n) is 2.66. The Labute approximate surface area is 126 Å². The van der Waals surface area contributed by atoms with Gasteiger partial charge in [-0.1, -0.05) is 17.7 Å². The molecule has 21 heavy (non-hydrogen) atoms. The summed E-state index contributed by atoms with van der Waals surface area (Å²) in [4.78, 5) is 33.4. The highest BCUT2D eigenvalue weighted by molar-refractivity contribution is 6.33. The van der Waals surface area contributed by atoms with E-state index in [1.807, 2.05) is 6.92 Å². The number of carboxylic acids is 1. The number of amides is 3. The highest BCUT2D eigenvalue weighted by Gasteiger charge is 2.20. The summed E-state index contributed by atoms with van der Waals surface area (Å²) in [7, 11) is 0. The van der Waals surface area contributed by atoms with Crippen molar-refractivity contribution in [2.24, 2.45) is 5.73 Å². The summed E-state index contributed by atoms with van der Waals surface area (Å²) in [5.74, 6) is -1.88. The molecular weight excluding hydrogens is 298 g/mol. The van der Waals surface area contributed by atoms with Gasteiger partial charge >= 0.3 is 12.0 Å². The highest BCUT2D eigenvalue weighted by Crippen LogP contribution is 2.22. The molecule has 1 aromatic rings. The molecule has 1 atom stereocenters. The number of nitrogens with two attached hydrogens (primary N) is 1. The number of primary amides is 1. The minimum absolute atomic E-state index is 0.0836. The van der Waals surface area contributed by atoms with Crippen molar-refractivity contribution in [3.8, 4) is 0 Å². The van der Waals surface area contributed by atoms with Gasteiger partial charge in [-0.25, -0.2) is 9.59 Å². The van der Waals surface area contributed by atoms with Crippen LogP contribution in [0.5, 0.6) is 0 Å². The number of carbonyl (C=O) groups excluding carboxylic acids is 2. The third-order valence-corrected chi connectivity index (χ3v) is 2.97. The van der Waals surface area contributed by atoms with Gasteiger partial charge in [-0.2, -0.15) is 0 Å². The Bertz CT molecular complexity index is 562. The molecule has 0 spiro atoms. The van der Waals surface area contributed by atoms with Crippen LogP contribution in [0, 0.1) is 6.92 Å². The number of nitrogens with one attached hydrogen (secondary N) is 2. The lowest BCUT2D eigenvalue weighted by Crippen LogP contribution is -2.43. The first kappa shape index (κ1) is 16.8. The Morgan fingerprint density at radius 3 is 2.57 bits per heavy atom. The summed E-state index contributed by atoms with van der Waals surface area (Å²) in [6.45, 7) is 1.85. The van der Waals surface area contributed by atoms with Gasteiger partial charge in [0.2, 0.25) is 5.91 Å². The molecule has 7 nitrogen and oxygen atoms in total. The summed E-state index contributed by atoms with van der Waals surface area (Å²) in [5.41, 5.74) is 6.24. The number of carboxylic acid groups (broad SMARTS) is 1. The zero-order valence-corrected chi connectivity index (χ0v) is 12.1. The number of anilines is 1. The van der Waals surface area contributed by atoms with Crippen LogP contribution in [-0.2, 0) is 9.59 Å². The standard InChI is InChI=1S/C13H16ClN3O4/c1-7-2-3-9(8(14)6-7)16-13(21)17-10(12(19)20)4-5-11(15)18/h2-3,6,10H,4-5H2,1H3,(H2,15,18)(H,19,20)(H2,16,17,21). The molecule has 0 aromatic heterocycles. The summed E-state index contributed by atoms with van der Waals surface area (Å²) in [6, 6.07) is 3.10. The number of urea groups is 1. The predicted molar refractivity (Wildman–Crippen MR) is 78.2 cm³/mol. The van der Waals surface area contributed by atoms with E-state index in [9.17, 15) is 14.4 Å². The highest BCUT2D eigenvalue weighted by atomic mass is 35.5. The van der Waals surface area contributed by atoms with Gasteiger partial charge in [0.15, 0.2) is 0 Å². The van der Waals surface area contributed by atoms with E-state index in [4.69, 9.17) is 22.4 Å². The van der Waals surface area contributed by atoms with E-state index in [0.29, 0.717) is 10.7 Å². The van der Waals surface area contributed by atoms with Gasteiger partial charge in [0, 0.05) is 6.42 Å². The van der Waals surface area contributed by atoms with Crippen LogP contribution < -0.4 is 16.4 Å². The average molecular weight is 314 g/mol. The van der Waals surface area contributed by atoms with Gasteiger partial charge < -0.3 is 21.5 Å². The first-order chi connectivity index (χ1) is 9.79. The normalized spacial score (nSPS) is 11.5. The largest absolute Gasteiger partial charge is 0.480 e. The van der Waals surface area contributed by atoms with Crippen LogP contribution >= 0.6 is 11.6 Å². The maximum atomic E-state index is 11.7. The second-order valence-corrected chi connectivity index (χ2v) is 4.88. The van der Waals surface area contributed by atoms with E-state index in [2.05, 4.69) is 10.6 Å². The van der Waals surface area contributed by atoms with Gasteiger partial charge in [-0.05, 0) is 31.0 Å². The maximum Gasteiger partial charge on any atom is 0.326 e. The summed E-state index contributed by atoms with van der Waals surface area (Å²) in [6.07, 6.45) is -0.220. The van der Waals surface area contributed by atoms with Crippen molar-refractivity contribution in [2.45, 2.75) is 25.8 Å². The second kappa shape index (κ2) is 7.49. The van der Waals surface area contributed by atoms with Gasteiger partial charge in [0.05, 0.1) is 10.7 Å². The van der Waals surface area contributed by atoms with Gasteiger partial charge in [-0.15, -0.1) is 0 Å². The van der Waals surface area contributed by atoms with Gasteiger partial charge in [0.1, 0.15) is 6.04 Å². The van der Waals surface area contributed by atoms with Crippen LogP contribution in [0.3, 0.4) is 0 Å². The molecule has 0 radical (unpaired) electrons. The molecule has 114 valence electrons. The fourth-order valence-corrected chi connectivity index (χ4v) is 1.86. The monoisotopic (exact) mass is 313 g/mol. The molecule has 0 fully saturated rings. The van der Waals surface area contributed by atoms with Crippen LogP contribution in [0.4, 0.5) is 10.5 Å². The topological polar surface area (TPSA) is 122 Å². The quantitative estimate of drug-likeness (QED) is 0.635. The van der Waals surface area contributed by atoms with Crippen molar-refractivity contribution in [1.29, 1.82) is 0 Å². The molecule has 8 heteroatoms. The predicted octanol–water partition coefficient (Wildman–Crippen LogP) is 1.49. The molecular formula is C13H16ClN3O4. The lowest BCUT2D eigenvalue weighted by molar-refractivity contribution is -0.139. The van der Waals surface area contributed by atoms with E-state index in [1.165, 1.54) is 0 Å². The molecule has 0 heterocycles. The van der Waals surface area contributed by atoms with E-state index in [-0.39, 0.29) is 12.8 Å². The molecule has 0 aliphatic rings. The second-order valence-electron chi connectivity index (χ2n) is 4.48. The molecule has 0 aliphatic heterocycles. The Morgan fingerprint density at radius 1 is 1.38 bits per heavy atom. The van der Waals surface area contributed by atoms with Gasteiger partial charge in [0.25, 0.3) is 0 Å². The first-order valence-corrected chi connectivity index (χ1v) is 6.52. The number of aryl methyl sites for hydroxylation is 1. The van der Waals surface area contributed by atoms with Crippen LogP contribution in [0.1, 0.15) is 18.4 Å². The molecule has 0 saturated heterocycles. The fourth-order valence-electron chi connectivity index (χ4n) is 1.58. The van der Waals surface area contributed by atoms with Crippen molar-refractivity contribution in [2.75, 3.05) is 5.32 Å². The number of carbonyl (C=O) groups is 3. The number of hydrogen-bond acceptors (Lipinski definition) is 3. The van der Waals surface area contributed by atoms with Crippen molar-refractivity contribution in [1.82, 2.24) is 5.32 Å². The van der Waals surface area contributed by atoms with Gasteiger partial charge in [-0.3, -0.25) is 4.79 Å².